The highest BCUT2D eigenvalue weighted by molar-refractivity contribution is 6.35. The van der Waals surface area contributed by atoms with Crippen molar-refractivity contribution in [2.75, 3.05) is 9.80 Å². The Hall–Kier alpha value is -6.90. The highest BCUT2D eigenvalue weighted by Gasteiger charge is 2.38. The molecule has 2 heterocycles. The normalized spacial score (nSPS) is 13.3. The van der Waals surface area contributed by atoms with Crippen LogP contribution in [0.25, 0.3) is 0 Å². The van der Waals surface area contributed by atoms with Crippen LogP contribution in [-0.4, -0.2) is 23.6 Å². The second-order valence-corrected chi connectivity index (χ2v) is 10.4. The Bertz CT molecular complexity index is 2080. The monoisotopic (exact) mass is 600 g/mol. The molecule has 0 aliphatic carbocycles. The van der Waals surface area contributed by atoms with Crippen LogP contribution in [0.5, 0.6) is 23.0 Å². The summed E-state index contributed by atoms with van der Waals surface area (Å²) in [6.45, 7) is 0. The maximum absolute atomic E-state index is 13.2. The van der Waals surface area contributed by atoms with E-state index in [1.54, 1.807) is 97.1 Å². The van der Waals surface area contributed by atoms with Crippen molar-refractivity contribution in [3.05, 3.63) is 143 Å². The van der Waals surface area contributed by atoms with Gasteiger partial charge in [-0.1, -0.05) is 30.0 Å². The number of benzene rings is 5. The van der Waals surface area contributed by atoms with E-state index in [0.717, 1.165) is 9.80 Å². The second-order valence-electron chi connectivity index (χ2n) is 10.4. The third kappa shape index (κ3) is 4.73. The SMILES string of the molecule is C#Cc1cccc(N2C(=O)c3ccc(Oc4cccc(Oc5ccc6c(c5)C(=O)N(c5cccc(C#C)c5)C6=O)c4)cc3C2=O)c1. The van der Waals surface area contributed by atoms with Gasteiger partial charge in [-0.15, -0.1) is 12.8 Å². The van der Waals surface area contributed by atoms with Crippen LogP contribution in [0.3, 0.4) is 0 Å². The number of hydrogen-bond acceptors (Lipinski definition) is 6. The number of rotatable bonds is 6. The van der Waals surface area contributed by atoms with Crippen molar-refractivity contribution >= 4 is 35.0 Å². The molecule has 0 saturated heterocycles. The van der Waals surface area contributed by atoms with Gasteiger partial charge in [0.15, 0.2) is 0 Å². The van der Waals surface area contributed by atoms with Crippen molar-refractivity contribution < 1.29 is 28.7 Å². The number of nitrogens with zero attached hydrogens (tertiary/aromatic N) is 2. The Balaban J connectivity index is 1.09. The Kier molecular flexibility index (Phi) is 6.66. The molecule has 2 aliphatic rings. The first kappa shape index (κ1) is 27.9. The van der Waals surface area contributed by atoms with Gasteiger partial charge in [0.05, 0.1) is 33.6 Å². The highest BCUT2D eigenvalue weighted by atomic mass is 16.5. The fraction of sp³-hybridized carbons (Fsp3) is 0. The summed E-state index contributed by atoms with van der Waals surface area (Å²) in [7, 11) is 0. The molecular formula is C38H20N2O6. The molecule has 0 spiro atoms. The lowest BCUT2D eigenvalue weighted by Crippen LogP contribution is -2.29. The van der Waals surface area contributed by atoms with E-state index in [0.29, 0.717) is 45.5 Å². The molecule has 0 saturated carbocycles. The number of imide groups is 2. The standard InChI is InChI=1S/C38H20N2O6/c1-3-23-8-5-10-25(18-23)39-35(41)31-16-14-29(21-33(31)37(39)43)45-27-12-7-13-28(20-27)46-30-15-17-32-34(22-30)38(44)40(36(32)42)26-11-6-9-24(4-2)19-26/h1-2,5-22H. The number of fused-ring (bicyclic) bond motifs is 2. The zero-order valence-corrected chi connectivity index (χ0v) is 23.9. The van der Waals surface area contributed by atoms with Crippen molar-refractivity contribution in [3.63, 3.8) is 0 Å². The summed E-state index contributed by atoms with van der Waals surface area (Å²) in [4.78, 5) is 54.8. The van der Waals surface area contributed by atoms with Crippen molar-refractivity contribution in [2.24, 2.45) is 0 Å². The average Bonchev–Trinajstić information content (AvgIpc) is 3.48. The van der Waals surface area contributed by atoms with E-state index in [-0.39, 0.29) is 22.3 Å². The molecule has 46 heavy (non-hydrogen) atoms. The smallest absolute Gasteiger partial charge is 0.266 e. The fourth-order valence-corrected chi connectivity index (χ4v) is 5.38. The summed E-state index contributed by atoms with van der Waals surface area (Å²) in [5, 5.41) is 0. The summed E-state index contributed by atoms with van der Waals surface area (Å²) in [5.41, 5.74) is 2.80. The van der Waals surface area contributed by atoms with E-state index < -0.39 is 23.6 Å². The predicted octanol–water partition coefficient (Wildman–Crippen LogP) is 6.84. The molecule has 4 amide bonds. The highest BCUT2D eigenvalue weighted by Crippen LogP contribution is 2.36. The minimum Gasteiger partial charge on any atom is -0.457 e. The Morgan fingerprint density at radius 3 is 1.26 bits per heavy atom. The van der Waals surface area contributed by atoms with Crippen molar-refractivity contribution in [1.82, 2.24) is 0 Å². The van der Waals surface area contributed by atoms with E-state index in [1.807, 2.05) is 0 Å². The van der Waals surface area contributed by atoms with Crippen molar-refractivity contribution in [2.45, 2.75) is 0 Å². The van der Waals surface area contributed by atoms with Crippen molar-refractivity contribution in [1.29, 1.82) is 0 Å². The summed E-state index contributed by atoms with van der Waals surface area (Å²) in [6, 6.07) is 29.4. The van der Waals surface area contributed by atoms with Crippen LogP contribution in [0.2, 0.25) is 0 Å². The summed E-state index contributed by atoms with van der Waals surface area (Å²) >= 11 is 0. The van der Waals surface area contributed by atoms with Gasteiger partial charge in [-0.2, -0.15) is 0 Å². The first-order valence-corrected chi connectivity index (χ1v) is 14.0. The number of hydrogen-bond donors (Lipinski definition) is 0. The van der Waals surface area contributed by atoms with Gasteiger partial charge >= 0.3 is 0 Å². The molecule has 218 valence electrons. The maximum atomic E-state index is 13.2. The Morgan fingerprint density at radius 1 is 0.435 bits per heavy atom. The van der Waals surface area contributed by atoms with E-state index in [2.05, 4.69) is 11.8 Å². The number of terminal acetylenes is 2. The van der Waals surface area contributed by atoms with Gasteiger partial charge in [0.2, 0.25) is 0 Å². The van der Waals surface area contributed by atoms with Gasteiger partial charge in [0.25, 0.3) is 23.6 Å². The maximum Gasteiger partial charge on any atom is 0.266 e. The number of ether oxygens (including phenoxy) is 2. The number of carbonyl (C=O) groups excluding carboxylic acids is 4. The van der Waals surface area contributed by atoms with Crippen LogP contribution >= 0.6 is 0 Å². The molecule has 0 atom stereocenters. The van der Waals surface area contributed by atoms with Gasteiger partial charge in [-0.3, -0.25) is 19.2 Å². The fourth-order valence-electron chi connectivity index (χ4n) is 5.38. The quantitative estimate of drug-likeness (QED) is 0.157. The summed E-state index contributed by atoms with van der Waals surface area (Å²) in [5.74, 6) is 4.64. The Morgan fingerprint density at radius 2 is 0.826 bits per heavy atom. The minimum absolute atomic E-state index is 0.207. The van der Waals surface area contributed by atoms with E-state index in [1.165, 1.54) is 12.1 Å². The largest absolute Gasteiger partial charge is 0.457 e. The van der Waals surface area contributed by atoms with Crippen LogP contribution in [0.4, 0.5) is 11.4 Å². The first-order chi connectivity index (χ1) is 22.3. The van der Waals surface area contributed by atoms with Crippen LogP contribution < -0.4 is 19.3 Å². The zero-order valence-electron chi connectivity index (χ0n) is 23.9. The zero-order chi connectivity index (χ0) is 31.9. The van der Waals surface area contributed by atoms with Crippen molar-refractivity contribution in [3.8, 4) is 47.7 Å². The number of carbonyl (C=O) groups is 4. The molecule has 0 N–H and O–H groups in total. The minimum atomic E-state index is -0.483. The number of anilines is 2. The molecule has 8 nitrogen and oxygen atoms in total. The van der Waals surface area contributed by atoms with E-state index in [9.17, 15) is 19.2 Å². The molecule has 0 radical (unpaired) electrons. The lowest BCUT2D eigenvalue weighted by atomic mass is 10.1. The second kappa shape index (κ2) is 11.0. The molecule has 0 unspecified atom stereocenters. The van der Waals surface area contributed by atoms with Crippen LogP contribution in [0.1, 0.15) is 52.6 Å². The van der Waals surface area contributed by atoms with E-state index in [4.69, 9.17) is 22.3 Å². The molecule has 5 aromatic rings. The van der Waals surface area contributed by atoms with Crippen LogP contribution in [-0.2, 0) is 0 Å². The molecule has 8 heteroatoms. The molecule has 0 fully saturated rings. The van der Waals surface area contributed by atoms with Crippen LogP contribution in [0.15, 0.2) is 109 Å². The van der Waals surface area contributed by atoms with Gasteiger partial charge in [0, 0.05) is 17.2 Å². The van der Waals surface area contributed by atoms with Gasteiger partial charge in [0.1, 0.15) is 23.0 Å². The summed E-state index contributed by atoms with van der Waals surface area (Å²) < 4.78 is 12.0. The predicted molar refractivity (Wildman–Crippen MR) is 171 cm³/mol. The molecule has 0 aromatic heterocycles. The van der Waals surface area contributed by atoms with Gasteiger partial charge < -0.3 is 9.47 Å². The summed E-state index contributed by atoms with van der Waals surface area (Å²) in [6.07, 6.45) is 11.0. The molecule has 5 aromatic carbocycles. The van der Waals surface area contributed by atoms with E-state index >= 15 is 0 Å². The topological polar surface area (TPSA) is 93.2 Å². The van der Waals surface area contributed by atoms with Crippen LogP contribution in [0, 0.1) is 24.7 Å². The lowest BCUT2D eigenvalue weighted by Gasteiger charge is -2.14. The number of amides is 4. The lowest BCUT2D eigenvalue weighted by molar-refractivity contribution is 0.0910. The Labute approximate surface area is 263 Å². The average molecular weight is 601 g/mol. The first-order valence-electron chi connectivity index (χ1n) is 14.0. The molecule has 2 aliphatic heterocycles. The molecule has 7 rings (SSSR count). The molecular weight excluding hydrogens is 580 g/mol. The van der Waals surface area contributed by atoms with Gasteiger partial charge in [-0.05, 0) is 84.9 Å². The third-order valence-electron chi connectivity index (χ3n) is 7.54. The third-order valence-corrected chi connectivity index (χ3v) is 7.54. The molecule has 0 bridgehead atoms. The van der Waals surface area contributed by atoms with Gasteiger partial charge in [-0.25, -0.2) is 9.80 Å².